The maximum absolute atomic E-state index is 12.6. The third kappa shape index (κ3) is 4.67. The summed E-state index contributed by atoms with van der Waals surface area (Å²) in [7, 11) is 0. The van der Waals surface area contributed by atoms with Crippen molar-refractivity contribution in [2.24, 2.45) is 0 Å². The topological polar surface area (TPSA) is 52.7 Å². The molecule has 0 bridgehead atoms. The average molecular weight is 392 g/mol. The van der Waals surface area contributed by atoms with Crippen LogP contribution in [0.5, 0.6) is 0 Å². The lowest BCUT2D eigenvalue weighted by Gasteiger charge is -2.36. The average Bonchev–Trinajstić information content (AvgIpc) is 2.74. The molecule has 2 aliphatic rings. The maximum Gasteiger partial charge on any atom is 0.234 e. The van der Waals surface area contributed by atoms with E-state index in [1.54, 1.807) is 6.92 Å². The second-order valence-corrected chi connectivity index (χ2v) is 8.08. The second kappa shape index (κ2) is 8.78. The molecule has 4 rings (SSSR count). The number of nitrogens with one attached hydrogen (secondary N) is 1. The van der Waals surface area contributed by atoms with Crippen molar-refractivity contribution in [2.45, 2.75) is 32.2 Å². The number of benzene rings is 2. The highest BCUT2D eigenvalue weighted by atomic mass is 16.2. The van der Waals surface area contributed by atoms with E-state index in [0.717, 1.165) is 56.7 Å². The molecule has 0 radical (unpaired) electrons. The Morgan fingerprint density at radius 1 is 1.00 bits per heavy atom. The molecule has 0 saturated carbocycles. The Labute approximate surface area is 172 Å². The van der Waals surface area contributed by atoms with Crippen LogP contribution in [0.25, 0.3) is 0 Å². The summed E-state index contributed by atoms with van der Waals surface area (Å²) in [5, 5.41) is 3.26. The number of anilines is 1. The number of nitrogens with zero attached hydrogens (tertiary/aromatic N) is 2. The first-order valence-electron chi connectivity index (χ1n) is 10.6. The standard InChI is InChI=1S/C24H29N3O2/c1-18(28)19-9-11-21(12-10-19)27-15-13-26(14-16-27)17-24(29)25-23-8-4-6-20-5-2-3-7-22(20)23/h2-3,5,7,9-12,23H,4,6,8,13-17H2,1H3,(H,25,29)/t23-/m1/s1. The lowest BCUT2D eigenvalue weighted by molar-refractivity contribution is -0.123. The van der Waals surface area contributed by atoms with Gasteiger partial charge in [0.25, 0.3) is 0 Å². The molecule has 2 aromatic rings. The number of carbonyl (C=O) groups excluding carboxylic acids is 2. The van der Waals surface area contributed by atoms with Gasteiger partial charge in [0, 0.05) is 37.4 Å². The quantitative estimate of drug-likeness (QED) is 0.796. The Morgan fingerprint density at radius 2 is 1.72 bits per heavy atom. The van der Waals surface area contributed by atoms with Crippen LogP contribution in [0.1, 0.15) is 47.3 Å². The van der Waals surface area contributed by atoms with Crippen LogP contribution >= 0.6 is 0 Å². The molecular formula is C24H29N3O2. The van der Waals surface area contributed by atoms with Crippen molar-refractivity contribution in [3.63, 3.8) is 0 Å². The maximum atomic E-state index is 12.6. The second-order valence-electron chi connectivity index (χ2n) is 8.08. The molecule has 1 N–H and O–H groups in total. The number of carbonyl (C=O) groups is 2. The zero-order valence-corrected chi connectivity index (χ0v) is 17.1. The highest BCUT2D eigenvalue weighted by molar-refractivity contribution is 5.94. The van der Waals surface area contributed by atoms with Gasteiger partial charge in [0.2, 0.25) is 5.91 Å². The van der Waals surface area contributed by atoms with Crippen molar-refractivity contribution in [3.05, 3.63) is 65.2 Å². The molecule has 0 unspecified atom stereocenters. The van der Waals surface area contributed by atoms with Crippen molar-refractivity contribution < 1.29 is 9.59 Å². The van der Waals surface area contributed by atoms with Gasteiger partial charge in [0.15, 0.2) is 5.78 Å². The minimum Gasteiger partial charge on any atom is -0.369 e. The highest BCUT2D eigenvalue weighted by Crippen LogP contribution is 2.29. The molecule has 0 aromatic heterocycles. The number of fused-ring (bicyclic) bond motifs is 1. The summed E-state index contributed by atoms with van der Waals surface area (Å²) < 4.78 is 0. The van der Waals surface area contributed by atoms with E-state index < -0.39 is 0 Å². The van der Waals surface area contributed by atoms with Gasteiger partial charge in [-0.3, -0.25) is 14.5 Å². The third-order valence-corrected chi connectivity index (χ3v) is 6.08. The van der Waals surface area contributed by atoms with Crippen LogP contribution in [0, 0.1) is 0 Å². The summed E-state index contributed by atoms with van der Waals surface area (Å²) in [6, 6.07) is 16.4. The normalized spacial score (nSPS) is 19.5. The first kappa shape index (κ1) is 19.6. The SMILES string of the molecule is CC(=O)c1ccc(N2CCN(CC(=O)N[C@@H]3CCCc4ccccc43)CC2)cc1. The molecule has 29 heavy (non-hydrogen) atoms. The Kier molecular flexibility index (Phi) is 5.95. The number of hydrogen-bond acceptors (Lipinski definition) is 4. The van der Waals surface area contributed by atoms with Gasteiger partial charge in [-0.25, -0.2) is 0 Å². The molecule has 2 aromatic carbocycles. The summed E-state index contributed by atoms with van der Waals surface area (Å²) in [6.45, 7) is 5.55. The number of piperazine rings is 1. The van der Waals surface area contributed by atoms with E-state index in [-0.39, 0.29) is 17.7 Å². The third-order valence-electron chi connectivity index (χ3n) is 6.08. The fourth-order valence-corrected chi connectivity index (χ4v) is 4.42. The molecule has 1 heterocycles. The summed E-state index contributed by atoms with van der Waals surface area (Å²) >= 11 is 0. The molecule has 1 aliphatic heterocycles. The van der Waals surface area contributed by atoms with Crippen LogP contribution in [0.2, 0.25) is 0 Å². The number of ketones is 1. The molecule has 0 spiro atoms. The van der Waals surface area contributed by atoms with Gasteiger partial charge < -0.3 is 10.2 Å². The number of hydrogen-bond donors (Lipinski definition) is 1. The lowest BCUT2D eigenvalue weighted by atomic mass is 9.88. The van der Waals surface area contributed by atoms with Crippen LogP contribution in [0.15, 0.2) is 48.5 Å². The van der Waals surface area contributed by atoms with E-state index in [9.17, 15) is 9.59 Å². The van der Waals surface area contributed by atoms with Crippen molar-refractivity contribution >= 4 is 17.4 Å². The predicted octanol–water partition coefficient (Wildman–Crippen LogP) is 3.21. The van der Waals surface area contributed by atoms with Gasteiger partial charge in [-0.05, 0) is 61.6 Å². The summed E-state index contributed by atoms with van der Waals surface area (Å²) in [4.78, 5) is 28.6. The molecule has 5 heteroatoms. The van der Waals surface area contributed by atoms with Crippen LogP contribution in [-0.2, 0) is 11.2 Å². The molecule has 5 nitrogen and oxygen atoms in total. The van der Waals surface area contributed by atoms with Crippen molar-refractivity contribution in [2.75, 3.05) is 37.6 Å². The zero-order chi connectivity index (χ0) is 20.2. The van der Waals surface area contributed by atoms with Crippen LogP contribution in [-0.4, -0.2) is 49.3 Å². The fourth-order valence-electron chi connectivity index (χ4n) is 4.42. The Morgan fingerprint density at radius 3 is 2.45 bits per heavy atom. The first-order valence-corrected chi connectivity index (χ1v) is 10.6. The predicted molar refractivity (Wildman–Crippen MR) is 115 cm³/mol. The molecule has 152 valence electrons. The van der Waals surface area contributed by atoms with E-state index in [0.29, 0.717) is 6.54 Å². The molecule has 1 fully saturated rings. The lowest BCUT2D eigenvalue weighted by Crippen LogP contribution is -2.50. The molecule has 1 amide bonds. The number of rotatable bonds is 5. The van der Waals surface area contributed by atoms with Crippen molar-refractivity contribution in [1.29, 1.82) is 0 Å². The van der Waals surface area contributed by atoms with E-state index in [2.05, 4.69) is 39.4 Å². The molecule has 1 aliphatic carbocycles. The van der Waals surface area contributed by atoms with Gasteiger partial charge in [0.05, 0.1) is 12.6 Å². The minimum atomic E-state index is 0.0907. The van der Waals surface area contributed by atoms with Crippen molar-refractivity contribution in [1.82, 2.24) is 10.2 Å². The highest BCUT2D eigenvalue weighted by Gasteiger charge is 2.24. The van der Waals surface area contributed by atoms with E-state index in [1.165, 1.54) is 11.1 Å². The largest absolute Gasteiger partial charge is 0.369 e. The van der Waals surface area contributed by atoms with Gasteiger partial charge in [-0.1, -0.05) is 24.3 Å². The van der Waals surface area contributed by atoms with Gasteiger partial charge >= 0.3 is 0 Å². The smallest absolute Gasteiger partial charge is 0.234 e. The Balaban J connectivity index is 1.28. The molecule has 1 atom stereocenters. The van der Waals surface area contributed by atoms with E-state index >= 15 is 0 Å². The van der Waals surface area contributed by atoms with Gasteiger partial charge in [-0.15, -0.1) is 0 Å². The zero-order valence-electron chi connectivity index (χ0n) is 17.1. The Hall–Kier alpha value is -2.66. The van der Waals surface area contributed by atoms with E-state index in [1.807, 2.05) is 24.3 Å². The minimum absolute atomic E-state index is 0.0907. The summed E-state index contributed by atoms with van der Waals surface area (Å²) in [6.07, 6.45) is 3.26. The van der Waals surface area contributed by atoms with Crippen LogP contribution in [0.3, 0.4) is 0 Å². The Bertz CT molecular complexity index is 870. The molecule has 1 saturated heterocycles. The van der Waals surface area contributed by atoms with E-state index in [4.69, 9.17) is 0 Å². The van der Waals surface area contributed by atoms with Gasteiger partial charge in [-0.2, -0.15) is 0 Å². The molecular weight excluding hydrogens is 362 g/mol. The number of Topliss-reactive ketones (excluding diaryl/α,β-unsaturated/α-hetero) is 1. The van der Waals surface area contributed by atoms with Gasteiger partial charge in [0.1, 0.15) is 0 Å². The van der Waals surface area contributed by atoms with Crippen molar-refractivity contribution in [3.8, 4) is 0 Å². The monoisotopic (exact) mass is 391 g/mol. The fraction of sp³-hybridized carbons (Fsp3) is 0.417. The van der Waals surface area contributed by atoms with Crippen LogP contribution < -0.4 is 10.2 Å². The van der Waals surface area contributed by atoms with Crippen LogP contribution in [0.4, 0.5) is 5.69 Å². The number of aryl methyl sites for hydroxylation is 1. The summed E-state index contributed by atoms with van der Waals surface area (Å²) in [5.74, 6) is 0.207. The number of amides is 1. The first-order chi connectivity index (χ1) is 14.1. The summed E-state index contributed by atoms with van der Waals surface area (Å²) in [5.41, 5.74) is 4.53.